The molecule has 0 bridgehead atoms. The van der Waals surface area contributed by atoms with Gasteiger partial charge in [0.2, 0.25) is 0 Å². The Kier molecular flexibility index (Phi) is 2.36. The molecular weight excluding hydrogens is 224 g/mol. The van der Waals surface area contributed by atoms with E-state index in [4.69, 9.17) is 0 Å². The van der Waals surface area contributed by atoms with Gasteiger partial charge in [0, 0.05) is 24.6 Å². The standard InChI is InChI=1S/C12H13F2N3/c1-6-4-15-5-7(6)12-16-10-2-8(13)9(14)3-11(10)17-12/h2-3,6-7,15H,4-5H2,1H3,(H,16,17). The molecule has 1 aromatic heterocycles. The number of nitrogens with zero attached hydrogens (tertiary/aromatic N) is 1. The number of benzene rings is 1. The van der Waals surface area contributed by atoms with E-state index in [1.165, 1.54) is 0 Å². The molecular formula is C12H13F2N3. The van der Waals surface area contributed by atoms with Gasteiger partial charge < -0.3 is 10.3 Å². The van der Waals surface area contributed by atoms with Crippen LogP contribution in [0.15, 0.2) is 12.1 Å². The number of nitrogens with one attached hydrogen (secondary N) is 2. The molecule has 0 spiro atoms. The van der Waals surface area contributed by atoms with Crippen molar-refractivity contribution in [3.63, 3.8) is 0 Å². The van der Waals surface area contributed by atoms with E-state index in [2.05, 4.69) is 22.2 Å². The lowest BCUT2D eigenvalue weighted by Gasteiger charge is -2.09. The van der Waals surface area contributed by atoms with Gasteiger partial charge in [-0.15, -0.1) is 0 Å². The van der Waals surface area contributed by atoms with E-state index in [0.29, 0.717) is 17.0 Å². The molecule has 0 amide bonds. The molecule has 2 N–H and O–H groups in total. The number of rotatable bonds is 1. The molecule has 17 heavy (non-hydrogen) atoms. The van der Waals surface area contributed by atoms with Crippen molar-refractivity contribution in [1.82, 2.24) is 15.3 Å². The first-order valence-electron chi connectivity index (χ1n) is 5.70. The van der Waals surface area contributed by atoms with Crippen molar-refractivity contribution in [2.24, 2.45) is 5.92 Å². The minimum Gasteiger partial charge on any atom is -0.342 e. The fraction of sp³-hybridized carbons (Fsp3) is 0.417. The maximum absolute atomic E-state index is 13.1. The van der Waals surface area contributed by atoms with Gasteiger partial charge in [-0.1, -0.05) is 6.92 Å². The molecule has 2 aromatic rings. The van der Waals surface area contributed by atoms with Crippen molar-refractivity contribution >= 4 is 11.0 Å². The highest BCUT2D eigenvalue weighted by molar-refractivity contribution is 5.75. The van der Waals surface area contributed by atoms with Gasteiger partial charge in [-0.3, -0.25) is 0 Å². The van der Waals surface area contributed by atoms with E-state index in [1.807, 2.05) is 0 Å². The Morgan fingerprint density at radius 2 is 2.00 bits per heavy atom. The molecule has 0 radical (unpaired) electrons. The molecule has 2 heterocycles. The lowest BCUT2D eigenvalue weighted by Crippen LogP contribution is -2.09. The Hall–Kier alpha value is -1.49. The normalized spacial score (nSPS) is 24.6. The van der Waals surface area contributed by atoms with Crippen molar-refractivity contribution < 1.29 is 8.78 Å². The summed E-state index contributed by atoms with van der Waals surface area (Å²) in [6, 6.07) is 2.30. The van der Waals surface area contributed by atoms with Crippen LogP contribution in [0, 0.1) is 17.6 Å². The Labute approximate surface area is 97.2 Å². The zero-order chi connectivity index (χ0) is 12.0. The maximum Gasteiger partial charge on any atom is 0.161 e. The number of hydrogen-bond acceptors (Lipinski definition) is 2. The zero-order valence-electron chi connectivity index (χ0n) is 9.43. The molecule has 2 unspecified atom stereocenters. The van der Waals surface area contributed by atoms with Crippen LogP contribution in [0.25, 0.3) is 11.0 Å². The minimum absolute atomic E-state index is 0.286. The van der Waals surface area contributed by atoms with Crippen LogP contribution in [0.1, 0.15) is 18.7 Å². The van der Waals surface area contributed by atoms with Gasteiger partial charge in [-0.05, 0) is 12.5 Å². The number of aromatic nitrogens is 2. The summed E-state index contributed by atoms with van der Waals surface area (Å²) in [6.45, 7) is 3.94. The summed E-state index contributed by atoms with van der Waals surface area (Å²) in [6.07, 6.45) is 0. The average molecular weight is 237 g/mol. The Morgan fingerprint density at radius 1 is 1.24 bits per heavy atom. The van der Waals surface area contributed by atoms with Gasteiger partial charge in [0.1, 0.15) is 5.82 Å². The number of aromatic amines is 1. The Bertz CT molecular complexity index is 525. The SMILES string of the molecule is CC1CNCC1c1nc2cc(F)c(F)cc2[nH]1. The summed E-state index contributed by atoms with van der Waals surface area (Å²) in [5.74, 6) is -0.125. The summed E-state index contributed by atoms with van der Waals surface area (Å²) >= 11 is 0. The number of halogens is 2. The van der Waals surface area contributed by atoms with Crippen molar-refractivity contribution in [2.75, 3.05) is 13.1 Å². The largest absolute Gasteiger partial charge is 0.342 e. The summed E-state index contributed by atoms with van der Waals surface area (Å²) in [4.78, 5) is 7.42. The highest BCUT2D eigenvalue weighted by Gasteiger charge is 2.27. The predicted octanol–water partition coefficient (Wildman–Crippen LogP) is 2.16. The van der Waals surface area contributed by atoms with Crippen molar-refractivity contribution in [2.45, 2.75) is 12.8 Å². The first kappa shape index (κ1) is 10.7. The first-order chi connectivity index (χ1) is 8.15. The fourth-order valence-corrected chi connectivity index (χ4v) is 2.38. The number of fused-ring (bicyclic) bond motifs is 1. The van der Waals surface area contributed by atoms with Crippen LogP contribution in [0.4, 0.5) is 8.78 Å². The maximum atomic E-state index is 13.1. The first-order valence-corrected chi connectivity index (χ1v) is 5.70. The summed E-state index contributed by atoms with van der Waals surface area (Å²) in [5.41, 5.74) is 1.04. The van der Waals surface area contributed by atoms with Crippen LogP contribution in [0.3, 0.4) is 0 Å². The third-order valence-electron chi connectivity index (χ3n) is 3.41. The third-order valence-corrected chi connectivity index (χ3v) is 3.41. The van der Waals surface area contributed by atoms with Crippen LogP contribution in [0.2, 0.25) is 0 Å². The second-order valence-electron chi connectivity index (χ2n) is 4.65. The number of imidazole rings is 1. The molecule has 0 aliphatic carbocycles. The van der Waals surface area contributed by atoms with Crippen LogP contribution >= 0.6 is 0 Å². The van der Waals surface area contributed by atoms with Gasteiger partial charge in [-0.25, -0.2) is 13.8 Å². The van der Waals surface area contributed by atoms with E-state index in [-0.39, 0.29) is 5.92 Å². The summed E-state index contributed by atoms with van der Waals surface area (Å²) in [5, 5.41) is 3.28. The molecule has 0 saturated carbocycles. The molecule has 1 fully saturated rings. The highest BCUT2D eigenvalue weighted by atomic mass is 19.2. The Balaban J connectivity index is 2.07. The smallest absolute Gasteiger partial charge is 0.161 e. The molecule has 3 rings (SSSR count). The van der Waals surface area contributed by atoms with Gasteiger partial charge in [0.15, 0.2) is 11.6 Å². The van der Waals surface area contributed by atoms with E-state index in [0.717, 1.165) is 31.0 Å². The van der Waals surface area contributed by atoms with Crippen LogP contribution in [-0.2, 0) is 0 Å². The third kappa shape index (κ3) is 1.70. The summed E-state index contributed by atoms with van der Waals surface area (Å²) in [7, 11) is 0. The van der Waals surface area contributed by atoms with Gasteiger partial charge in [0.05, 0.1) is 11.0 Å². The lowest BCUT2D eigenvalue weighted by atomic mass is 9.98. The second-order valence-corrected chi connectivity index (χ2v) is 4.65. The average Bonchev–Trinajstić information content (AvgIpc) is 2.85. The lowest BCUT2D eigenvalue weighted by molar-refractivity contribution is 0.510. The number of H-pyrrole nitrogens is 1. The minimum atomic E-state index is -0.854. The van der Waals surface area contributed by atoms with Crippen molar-refractivity contribution in [1.29, 1.82) is 0 Å². The molecule has 5 heteroatoms. The molecule has 1 aromatic carbocycles. The molecule has 1 saturated heterocycles. The predicted molar refractivity (Wildman–Crippen MR) is 60.8 cm³/mol. The molecule has 3 nitrogen and oxygen atoms in total. The molecule has 90 valence electrons. The molecule has 1 aliphatic heterocycles. The van der Waals surface area contributed by atoms with Crippen molar-refractivity contribution in [3.05, 3.63) is 29.6 Å². The zero-order valence-corrected chi connectivity index (χ0v) is 9.43. The van der Waals surface area contributed by atoms with E-state index in [9.17, 15) is 8.78 Å². The van der Waals surface area contributed by atoms with Crippen LogP contribution in [-0.4, -0.2) is 23.1 Å². The van der Waals surface area contributed by atoms with Gasteiger partial charge >= 0.3 is 0 Å². The monoisotopic (exact) mass is 237 g/mol. The molecule has 2 atom stereocenters. The highest BCUT2D eigenvalue weighted by Crippen LogP contribution is 2.27. The molecule has 1 aliphatic rings. The van der Waals surface area contributed by atoms with E-state index < -0.39 is 11.6 Å². The van der Waals surface area contributed by atoms with Gasteiger partial charge in [-0.2, -0.15) is 0 Å². The van der Waals surface area contributed by atoms with Crippen LogP contribution in [0.5, 0.6) is 0 Å². The summed E-state index contributed by atoms with van der Waals surface area (Å²) < 4.78 is 26.1. The van der Waals surface area contributed by atoms with E-state index in [1.54, 1.807) is 0 Å². The fourth-order valence-electron chi connectivity index (χ4n) is 2.38. The van der Waals surface area contributed by atoms with E-state index >= 15 is 0 Å². The number of hydrogen-bond donors (Lipinski definition) is 2. The second kappa shape index (κ2) is 3.77. The van der Waals surface area contributed by atoms with Gasteiger partial charge in [0.25, 0.3) is 0 Å². The van der Waals surface area contributed by atoms with Crippen molar-refractivity contribution in [3.8, 4) is 0 Å². The quantitative estimate of drug-likeness (QED) is 0.798. The topological polar surface area (TPSA) is 40.7 Å². The Morgan fingerprint density at radius 3 is 2.71 bits per heavy atom. The van der Waals surface area contributed by atoms with Crippen LogP contribution < -0.4 is 5.32 Å².